The number of ether oxygens (including phenoxy) is 10. The van der Waals surface area contributed by atoms with Crippen LogP contribution in [-0.4, -0.2) is 256 Å². The van der Waals surface area contributed by atoms with Crippen molar-refractivity contribution in [1.82, 2.24) is 0 Å². The van der Waals surface area contributed by atoms with E-state index in [0.29, 0.717) is 0 Å². The van der Waals surface area contributed by atoms with E-state index >= 15 is 0 Å². The maximum Gasteiger partial charge on any atom is 1.00 e. The first kappa shape index (κ1) is 105. The Balaban J connectivity index is -0.000000221. The van der Waals surface area contributed by atoms with Gasteiger partial charge in [-0.15, -0.1) is 0 Å². The fourth-order valence-corrected chi connectivity index (χ4v) is 5.68. The molecule has 0 aliphatic carbocycles. The molecule has 0 bridgehead atoms. The van der Waals surface area contributed by atoms with Crippen molar-refractivity contribution in [3.63, 3.8) is 0 Å². The Morgan fingerprint density at radius 2 is 0.610 bits per heavy atom. The first-order valence-electron chi connectivity index (χ1n) is 19.1. The summed E-state index contributed by atoms with van der Waals surface area (Å²) in [6, 6.07) is 0. The Kier molecular flexibility index (Phi) is 77.6. The number of carboxylic acid groups (broad SMARTS) is 1. The Hall–Kier alpha value is 1.79. The van der Waals surface area contributed by atoms with E-state index in [1.165, 1.54) is 0 Å². The normalized spacial score (nSPS) is 33.5. The molecule has 5 aliphatic heterocycles. The first-order valence-corrected chi connectivity index (χ1v) is 19.1. The smallest absolute Gasteiger partial charge is 0.563 e. The van der Waals surface area contributed by atoms with Crippen LogP contribution in [0.4, 0.5) is 0 Å². The van der Waals surface area contributed by atoms with E-state index in [2.05, 4.69) is 0 Å². The van der Waals surface area contributed by atoms with E-state index in [4.69, 9.17) is 105 Å². The molecule has 5 saturated heterocycles. The number of rotatable bonds is 14. The molecular weight excluding hydrogens is 1210 g/mol. The van der Waals surface area contributed by atoms with Gasteiger partial charge in [-0.2, -0.15) is 97.2 Å². The number of carboxylic acids is 1. The van der Waals surface area contributed by atoms with Crippen molar-refractivity contribution in [2.75, 3.05) is 0 Å². The van der Waals surface area contributed by atoms with Crippen molar-refractivity contribution in [3.8, 4) is 0 Å². The molecule has 5 fully saturated rings. The number of aliphatic carboxylic acids is 1. The van der Waals surface area contributed by atoms with Crippen LogP contribution in [0.3, 0.4) is 0 Å². The van der Waals surface area contributed by atoms with Crippen LogP contribution >= 0.6 is 0 Å². The van der Waals surface area contributed by atoms with Gasteiger partial charge in [-0.25, -0.2) is 0 Å². The van der Waals surface area contributed by atoms with Gasteiger partial charge in [0.2, 0.25) is 0 Å². The minimum atomic E-state index is -2.52. The molecule has 82 heavy (non-hydrogen) atoms. The van der Waals surface area contributed by atoms with E-state index in [1.54, 1.807) is 0 Å². The van der Waals surface area contributed by atoms with Crippen LogP contribution in [0.25, 0.3) is 0 Å². The number of hydrogen-bond acceptors (Lipinski definition) is 38. The molecule has 5 aliphatic rings. The van der Waals surface area contributed by atoms with Gasteiger partial charge in [-0.05, 0) is 36.6 Å². The summed E-state index contributed by atoms with van der Waals surface area (Å²) in [5.74, 6) is -2.11. The predicted molar refractivity (Wildman–Crippen MR) is 196 cm³/mol. The molecule has 0 amide bonds. The molecule has 0 spiro atoms. The minimum Gasteiger partial charge on any atom is -0.563 e. The van der Waals surface area contributed by atoms with Crippen molar-refractivity contribution in [2.45, 2.75) is 149 Å². The molecule has 0 radical (unpaired) electrons. The molecule has 5 rings (SSSR count). The van der Waals surface area contributed by atoms with Crippen LogP contribution < -0.4 is 212 Å². The zero-order valence-electron chi connectivity index (χ0n) is 43.3. The van der Waals surface area contributed by atoms with E-state index in [1.807, 2.05) is 0 Å². The van der Waals surface area contributed by atoms with Crippen LogP contribution in [0.5, 0.6) is 0 Å². The number of aliphatic hydroxyl groups is 14. The molecule has 14 N–H and O–H groups in total. The minimum absolute atomic E-state index is 0. The average Bonchev–Trinajstić information content (AvgIpc) is 3.35. The Bertz CT molecular complexity index is 1730. The van der Waals surface area contributed by atoms with Gasteiger partial charge >= 0.3 is 244 Å². The Morgan fingerprint density at radius 3 is 0.841 bits per heavy atom. The van der Waals surface area contributed by atoms with Crippen molar-refractivity contribution >= 4 is 42.9 Å². The standard InChI is InChI=1S/C30H44O26.6CO2.CH4.7Na/c31-1-8(14(34)19(39)25(45)46)52-27-21(41)15(35)10(3-48-27)54-29-23(43)17(37)12(5-50-29)56-30-24(44)18(38)11(6-51-30)55-28-22(42)16(36)9(4-49-28)53-26-20(40)13(33)7(32)2-47-26;6*2-1-3;;;;;;;;/h1-24,26-44H,(H,45,46);;;;;;;1H4;;;;;;;/q-6;;;;;;;;7*+1/p-1/t7-,8-,9-,10-,11-,12-,13?,14?,15?,16?,17?,18?,19?,20?,21-,22-,23-,24-,26+,27+,28-,29-,30-;;;;;;;;;;;;;;/m1............../s1. The van der Waals surface area contributed by atoms with Gasteiger partial charge in [0.05, 0.1) is 42.6 Å². The summed E-state index contributed by atoms with van der Waals surface area (Å²) in [5, 5.41) is 154. The van der Waals surface area contributed by atoms with Gasteiger partial charge in [-0.3, -0.25) is 0 Å². The second-order valence-corrected chi connectivity index (χ2v) is 13.5. The second kappa shape index (κ2) is 60.4. The summed E-state index contributed by atoms with van der Waals surface area (Å²) >= 11 is 0. The summed E-state index contributed by atoms with van der Waals surface area (Å²) in [5.41, 5.74) is 0. The van der Waals surface area contributed by atoms with E-state index in [0.717, 1.165) is 33.0 Å². The van der Waals surface area contributed by atoms with Gasteiger partial charge in [0.25, 0.3) is 0 Å². The van der Waals surface area contributed by atoms with E-state index in [-0.39, 0.29) is 258 Å². The summed E-state index contributed by atoms with van der Waals surface area (Å²) < 4.78 is 52.5. The Labute approximate surface area is 616 Å². The maximum absolute atomic E-state index is 10.8. The maximum atomic E-state index is 10.8. The van der Waals surface area contributed by atoms with Gasteiger partial charge in [0.15, 0.2) is 31.5 Å². The second-order valence-electron chi connectivity index (χ2n) is 13.5. The van der Waals surface area contributed by atoms with E-state index < -0.39 is 147 Å². The zero-order valence-corrected chi connectivity index (χ0v) is 57.3. The van der Waals surface area contributed by atoms with Gasteiger partial charge in [-0.1, -0.05) is 7.43 Å². The van der Waals surface area contributed by atoms with Crippen molar-refractivity contribution in [1.29, 1.82) is 0 Å². The topological polar surface area (TPSA) is 620 Å². The molecule has 45 heteroatoms. The fraction of sp³-hybridized carbons (Fsp3) is 0.649. The third kappa shape index (κ3) is 36.6. The number of carbonyl (C=O) groups excluding carboxylic acids is 13. The molecule has 38 nitrogen and oxygen atoms in total. The molecule has 0 aromatic rings. The van der Waals surface area contributed by atoms with Crippen LogP contribution in [0.1, 0.15) is 7.43 Å². The van der Waals surface area contributed by atoms with Crippen LogP contribution in [-0.2, 0) is 110 Å². The van der Waals surface area contributed by atoms with Crippen molar-refractivity contribution in [3.05, 3.63) is 39.6 Å². The quantitative estimate of drug-likeness (QED) is 0.0567. The van der Waals surface area contributed by atoms with Crippen LogP contribution in [0.2, 0.25) is 0 Å². The van der Waals surface area contributed by atoms with Crippen molar-refractivity contribution < 1.29 is 393 Å². The SMILES string of the molecule is C.O=C([O-])C(O)C(O)[C@@H]([CH-]O)O[C@@H]1O[CH-][C@@H](O[C@H]2O[CH-][C@@H](O[C@H]3O[CH-][C@@H](O[C@H]4O[CH-][C@@H](O[C@@H]5O[CH-][C@@H](O)C(O)C5O)C(O)[C@H]4O)C(O)[C@H]3O)C(O)[C@H]2O)C(O)[C@H]1O.O=C=O.O=C=O.O=C=O.O=C=O.O=C=O.O=C=O.[Na+].[Na+].[Na+].[Na+].[Na+].[Na+].[Na+]. The number of carbonyl (C=O) groups is 1. The molecule has 430 valence electrons. The summed E-state index contributed by atoms with van der Waals surface area (Å²) in [6.45, 7) is 4.17. The van der Waals surface area contributed by atoms with Gasteiger partial charge in [0, 0.05) is 0 Å². The molecule has 0 aromatic heterocycles. The average molecular weight is 1260 g/mol. The fourth-order valence-electron chi connectivity index (χ4n) is 5.68. The summed E-state index contributed by atoms with van der Waals surface area (Å²) in [4.78, 5) is 108. The monoisotopic (exact) mass is 1260 g/mol. The molecule has 5 heterocycles. The number of aliphatic hydroxyl groups excluding tert-OH is 14. The third-order valence-electron chi connectivity index (χ3n) is 9.08. The predicted octanol–water partition coefficient (Wildman–Crippen LogP) is -34.4. The Morgan fingerprint density at radius 1 is 0.402 bits per heavy atom. The summed E-state index contributed by atoms with van der Waals surface area (Å²) in [7, 11) is 0. The number of hydrogen-bond donors (Lipinski definition) is 14. The first-order chi connectivity index (χ1) is 34.9. The third-order valence-corrected chi connectivity index (χ3v) is 9.08. The van der Waals surface area contributed by atoms with Crippen LogP contribution in [0.15, 0.2) is 0 Å². The molecule has 0 aromatic carbocycles. The van der Waals surface area contributed by atoms with Gasteiger partial charge < -0.3 is 129 Å². The van der Waals surface area contributed by atoms with E-state index in [9.17, 15) is 81.4 Å². The zero-order chi connectivity index (χ0) is 57.4. The van der Waals surface area contributed by atoms with Crippen LogP contribution in [0, 0.1) is 39.6 Å². The van der Waals surface area contributed by atoms with Crippen molar-refractivity contribution in [2.24, 2.45) is 0 Å². The largest absolute Gasteiger partial charge is 1.00 e. The molecular formula is C37H47Na7O38. The molecule has 8 unspecified atom stereocenters. The van der Waals surface area contributed by atoms with Gasteiger partial charge in [0.1, 0.15) is 36.6 Å². The molecule has 0 saturated carbocycles. The molecule has 23 atom stereocenters. The summed E-state index contributed by atoms with van der Waals surface area (Å²) in [6.07, 6.45) is -40.2.